The normalized spacial score (nSPS) is 21.6. The van der Waals surface area contributed by atoms with Crippen LogP contribution in [-0.2, 0) is 18.6 Å². The molecule has 1 heterocycles. The minimum Gasteiger partial charge on any atom is -0.425 e. The molecule has 0 radical (unpaired) electrons. The van der Waals surface area contributed by atoms with Gasteiger partial charge in [-0.05, 0) is 4.57 Å². The fourth-order valence-corrected chi connectivity index (χ4v) is 1.51. The van der Waals surface area contributed by atoms with Crippen LogP contribution in [0.3, 0.4) is 0 Å². The second kappa shape index (κ2) is 4.80. The van der Waals surface area contributed by atoms with Gasteiger partial charge in [0.15, 0.2) is 6.61 Å². The minimum absolute atomic E-state index is 0.0237. The lowest BCUT2D eigenvalue weighted by molar-refractivity contribution is 0.126. The van der Waals surface area contributed by atoms with Crippen LogP contribution in [0.1, 0.15) is 6.42 Å². The van der Waals surface area contributed by atoms with Crippen molar-refractivity contribution < 1.29 is 23.4 Å². The zero-order valence-electron chi connectivity index (χ0n) is 6.76. The number of carbonyl (C=O) groups excluding carboxylic acids is 1. The largest absolute Gasteiger partial charge is 0.557 e. The standard InChI is InChI=1S/C7H8O5P/c1-2-3-4-11-13(9)6-5-10-7(8)12-6/h1,6H,3-5H2/q+1. The second-order valence-corrected chi connectivity index (χ2v) is 3.61. The molecule has 0 spiro atoms. The van der Waals surface area contributed by atoms with Crippen molar-refractivity contribution in [2.24, 2.45) is 0 Å². The molecule has 1 aliphatic rings. The molecule has 1 saturated heterocycles. The zero-order chi connectivity index (χ0) is 9.68. The van der Waals surface area contributed by atoms with E-state index in [0.29, 0.717) is 6.42 Å². The monoisotopic (exact) mass is 203 g/mol. The van der Waals surface area contributed by atoms with Gasteiger partial charge in [0.25, 0.3) is 0 Å². The summed E-state index contributed by atoms with van der Waals surface area (Å²) in [6.07, 6.45) is 4.52. The summed E-state index contributed by atoms with van der Waals surface area (Å²) in [5, 5.41) is 0. The van der Waals surface area contributed by atoms with Gasteiger partial charge in [-0.3, -0.25) is 0 Å². The Morgan fingerprint density at radius 2 is 2.54 bits per heavy atom. The van der Waals surface area contributed by atoms with Crippen molar-refractivity contribution in [1.29, 1.82) is 0 Å². The van der Waals surface area contributed by atoms with Gasteiger partial charge in [-0.25, -0.2) is 4.79 Å². The molecule has 5 nitrogen and oxygen atoms in total. The Morgan fingerprint density at radius 3 is 3.08 bits per heavy atom. The molecule has 70 valence electrons. The molecule has 2 atom stereocenters. The molecule has 0 bridgehead atoms. The Morgan fingerprint density at radius 1 is 1.77 bits per heavy atom. The SMILES string of the molecule is C#CCCO[P+](=O)C1COC(=O)O1. The lowest BCUT2D eigenvalue weighted by Gasteiger charge is -1.91. The topological polar surface area (TPSA) is 61.8 Å². The van der Waals surface area contributed by atoms with Crippen LogP contribution in [0.2, 0.25) is 0 Å². The van der Waals surface area contributed by atoms with Crippen LogP contribution in [-0.4, -0.2) is 25.2 Å². The highest BCUT2D eigenvalue weighted by molar-refractivity contribution is 7.39. The molecule has 1 aliphatic heterocycles. The third-order valence-corrected chi connectivity index (χ3v) is 2.44. The summed E-state index contributed by atoms with van der Waals surface area (Å²) in [4.78, 5) is 10.4. The average Bonchev–Trinajstić information content (AvgIpc) is 2.52. The fraction of sp³-hybridized carbons (Fsp3) is 0.571. The Bertz CT molecular complexity index is 256. The van der Waals surface area contributed by atoms with Crippen LogP contribution < -0.4 is 0 Å². The van der Waals surface area contributed by atoms with Crippen molar-refractivity contribution in [1.82, 2.24) is 0 Å². The highest BCUT2D eigenvalue weighted by Gasteiger charge is 2.43. The van der Waals surface area contributed by atoms with Crippen molar-refractivity contribution in [2.45, 2.75) is 12.3 Å². The van der Waals surface area contributed by atoms with E-state index < -0.39 is 20.0 Å². The highest BCUT2D eigenvalue weighted by atomic mass is 31.1. The van der Waals surface area contributed by atoms with Gasteiger partial charge in [0.05, 0.1) is 0 Å². The molecular formula is C7H8O5P+. The highest BCUT2D eigenvalue weighted by Crippen LogP contribution is 2.33. The molecular weight excluding hydrogens is 195 g/mol. The van der Waals surface area contributed by atoms with E-state index in [1.165, 1.54) is 0 Å². The Kier molecular flexibility index (Phi) is 3.69. The number of cyclic esters (lactones) is 2. The minimum atomic E-state index is -2.03. The van der Waals surface area contributed by atoms with E-state index in [9.17, 15) is 9.36 Å². The molecule has 0 aliphatic carbocycles. The molecule has 2 unspecified atom stereocenters. The Hall–Kier alpha value is -1.11. The first-order chi connectivity index (χ1) is 6.24. The maximum Gasteiger partial charge on any atom is 0.557 e. The molecule has 0 amide bonds. The van der Waals surface area contributed by atoms with Crippen molar-refractivity contribution >= 4 is 14.2 Å². The summed E-state index contributed by atoms with van der Waals surface area (Å²) >= 11 is 0. The van der Waals surface area contributed by atoms with Gasteiger partial charge in [0.1, 0.15) is 6.61 Å². The molecule has 0 aromatic heterocycles. The maximum absolute atomic E-state index is 11.2. The first-order valence-electron chi connectivity index (χ1n) is 3.60. The van der Waals surface area contributed by atoms with E-state index in [-0.39, 0.29) is 13.2 Å². The molecule has 0 N–H and O–H groups in total. The number of rotatable bonds is 4. The van der Waals surface area contributed by atoms with Crippen molar-refractivity contribution in [3.63, 3.8) is 0 Å². The third-order valence-electron chi connectivity index (χ3n) is 1.28. The Labute approximate surface area is 76.2 Å². The third kappa shape index (κ3) is 3.02. The molecule has 6 heteroatoms. The smallest absolute Gasteiger partial charge is 0.425 e. The summed E-state index contributed by atoms with van der Waals surface area (Å²) in [5.74, 6) is 1.54. The summed E-state index contributed by atoms with van der Waals surface area (Å²) in [6, 6.07) is 0. The van der Waals surface area contributed by atoms with Crippen LogP contribution in [0.5, 0.6) is 0 Å². The van der Waals surface area contributed by atoms with E-state index in [2.05, 4.69) is 15.4 Å². The van der Waals surface area contributed by atoms with Gasteiger partial charge in [-0.15, -0.1) is 16.9 Å². The van der Waals surface area contributed by atoms with Gasteiger partial charge in [0.2, 0.25) is 0 Å². The van der Waals surface area contributed by atoms with E-state index in [0.717, 1.165) is 0 Å². The van der Waals surface area contributed by atoms with E-state index in [1.807, 2.05) is 0 Å². The predicted molar refractivity (Wildman–Crippen MR) is 43.2 cm³/mol. The van der Waals surface area contributed by atoms with Gasteiger partial charge < -0.3 is 9.47 Å². The fourth-order valence-electron chi connectivity index (χ4n) is 0.700. The quantitative estimate of drug-likeness (QED) is 0.298. The van der Waals surface area contributed by atoms with Crippen LogP contribution >= 0.6 is 8.03 Å². The molecule has 0 saturated carbocycles. The lowest BCUT2D eigenvalue weighted by atomic mass is 10.5. The van der Waals surface area contributed by atoms with Crippen molar-refractivity contribution in [3.8, 4) is 12.3 Å². The molecule has 0 aromatic rings. The van der Waals surface area contributed by atoms with Crippen LogP contribution in [0.4, 0.5) is 4.79 Å². The average molecular weight is 203 g/mol. The van der Waals surface area contributed by atoms with Crippen molar-refractivity contribution in [2.75, 3.05) is 13.2 Å². The van der Waals surface area contributed by atoms with Crippen LogP contribution in [0.15, 0.2) is 0 Å². The van der Waals surface area contributed by atoms with E-state index >= 15 is 0 Å². The first-order valence-corrected chi connectivity index (χ1v) is 4.85. The van der Waals surface area contributed by atoms with Gasteiger partial charge in [-0.1, -0.05) is 0 Å². The first kappa shape index (κ1) is 9.97. The number of terminal acetylenes is 1. The molecule has 1 fully saturated rings. The second-order valence-electron chi connectivity index (χ2n) is 2.21. The van der Waals surface area contributed by atoms with E-state index in [1.54, 1.807) is 0 Å². The zero-order valence-corrected chi connectivity index (χ0v) is 7.66. The summed E-state index contributed by atoms with van der Waals surface area (Å²) in [7, 11) is -2.03. The van der Waals surface area contributed by atoms with Gasteiger partial charge in [0, 0.05) is 6.42 Å². The summed E-state index contributed by atoms with van der Waals surface area (Å²) < 4.78 is 24.9. The number of carbonyl (C=O) groups is 1. The van der Waals surface area contributed by atoms with Crippen molar-refractivity contribution in [3.05, 3.63) is 0 Å². The predicted octanol–water partition coefficient (Wildman–Crippen LogP) is 1.26. The Balaban J connectivity index is 2.24. The molecule has 1 rings (SSSR count). The van der Waals surface area contributed by atoms with E-state index in [4.69, 9.17) is 10.9 Å². The van der Waals surface area contributed by atoms with Crippen LogP contribution in [0.25, 0.3) is 0 Å². The number of ether oxygens (including phenoxy) is 2. The molecule has 13 heavy (non-hydrogen) atoms. The van der Waals surface area contributed by atoms with Gasteiger partial charge >= 0.3 is 20.0 Å². The van der Waals surface area contributed by atoms with Gasteiger partial charge in [-0.2, -0.15) is 0 Å². The van der Waals surface area contributed by atoms with Crippen LogP contribution in [0, 0.1) is 12.3 Å². The molecule has 0 aromatic carbocycles. The number of hydrogen-bond donors (Lipinski definition) is 0. The lowest BCUT2D eigenvalue weighted by Crippen LogP contribution is -2.05. The number of hydrogen-bond acceptors (Lipinski definition) is 5. The summed E-state index contributed by atoms with van der Waals surface area (Å²) in [5.41, 5.74) is 0. The summed E-state index contributed by atoms with van der Waals surface area (Å²) in [6.45, 7) is 0.170. The maximum atomic E-state index is 11.2.